The smallest absolute Gasteiger partial charge is 0.0652 e. The summed E-state index contributed by atoms with van der Waals surface area (Å²) >= 11 is 0. The molecule has 3 nitrogen and oxygen atoms in total. The Morgan fingerprint density at radius 3 is 2.53 bits per heavy atom. The van der Waals surface area contributed by atoms with Crippen LogP contribution in [-0.2, 0) is 6.54 Å². The first-order chi connectivity index (χ1) is 8.99. The van der Waals surface area contributed by atoms with Crippen LogP contribution in [0.3, 0.4) is 0 Å². The fourth-order valence-electron chi connectivity index (χ4n) is 2.09. The third-order valence-corrected chi connectivity index (χ3v) is 3.52. The zero-order valence-corrected chi connectivity index (χ0v) is 12.5. The van der Waals surface area contributed by atoms with E-state index in [1.807, 2.05) is 4.68 Å². The lowest BCUT2D eigenvalue weighted by Crippen LogP contribution is -2.21. The second kappa shape index (κ2) is 5.57. The third-order valence-electron chi connectivity index (χ3n) is 3.52. The summed E-state index contributed by atoms with van der Waals surface area (Å²) in [4.78, 5) is 0. The van der Waals surface area contributed by atoms with Crippen LogP contribution in [0.15, 0.2) is 24.3 Å². The molecule has 2 aromatic rings. The zero-order valence-electron chi connectivity index (χ0n) is 12.5. The van der Waals surface area contributed by atoms with Crippen molar-refractivity contribution < 1.29 is 0 Å². The summed E-state index contributed by atoms with van der Waals surface area (Å²) in [5.41, 5.74) is 6.01. The van der Waals surface area contributed by atoms with E-state index in [2.05, 4.69) is 69.3 Å². The van der Waals surface area contributed by atoms with Crippen LogP contribution in [0, 0.1) is 20.8 Å². The van der Waals surface area contributed by atoms with Crippen molar-refractivity contribution in [3.63, 3.8) is 0 Å². The second-order valence-corrected chi connectivity index (χ2v) is 5.41. The molecule has 1 aromatic heterocycles. The molecule has 0 fully saturated rings. The Hall–Kier alpha value is -1.61. The molecule has 0 aliphatic rings. The normalized spacial score (nSPS) is 11.3. The molecule has 0 saturated carbocycles. The molecular weight excluding hydrogens is 234 g/mol. The predicted molar refractivity (Wildman–Crippen MR) is 79.8 cm³/mol. The molecule has 3 heteroatoms. The van der Waals surface area contributed by atoms with E-state index in [0.29, 0.717) is 6.04 Å². The van der Waals surface area contributed by atoms with Crippen LogP contribution in [0.2, 0.25) is 0 Å². The Kier molecular flexibility index (Phi) is 4.05. The monoisotopic (exact) mass is 257 g/mol. The van der Waals surface area contributed by atoms with Crippen molar-refractivity contribution in [2.24, 2.45) is 0 Å². The molecule has 0 radical (unpaired) electrons. The SMILES string of the molecule is Cc1nn(-c2cccc(CNC(C)C)c2)c(C)c1C. The van der Waals surface area contributed by atoms with E-state index in [4.69, 9.17) is 0 Å². The van der Waals surface area contributed by atoms with Gasteiger partial charge in [-0.2, -0.15) is 5.10 Å². The molecule has 0 amide bonds. The van der Waals surface area contributed by atoms with Crippen LogP contribution < -0.4 is 5.32 Å². The maximum atomic E-state index is 4.61. The van der Waals surface area contributed by atoms with E-state index in [9.17, 15) is 0 Å². The van der Waals surface area contributed by atoms with Crippen LogP contribution in [0.25, 0.3) is 5.69 Å². The number of nitrogens with zero attached hydrogens (tertiary/aromatic N) is 2. The molecule has 1 aromatic carbocycles. The summed E-state index contributed by atoms with van der Waals surface area (Å²) in [6.45, 7) is 11.5. The van der Waals surface area contributed by atoms with Gasteiger partial charge in [-0.25, -0.2) is 4.68 Å². The van der Waals surface area contributed by atoms with Crippen LogP contribution in [0.5, 0.6) is 0 Å². The fraction of sp³-hybridized carbons (Fsp3) is 0.438. The zero-order chi connectivity index (χ0) is 14.0. The van der Waals surface area contributed by atoms with Gasteiger partial charge in [-0.15, -0.1) is 0 Å². The van der Waals surface area contributed by atoms with Gasteiger partial charge in [-0.05, 0) is 44.0 Å². The molecule has 0 unspecified atom stereocenters. The van der Waals surface area contributed by atoms with Gasteiger partial charge in [0.2, 0.25) is 0 Å². The van der Waals surface area contributed by atoms with Crippen LogP contribution >= 0.6 is 0 Å². The fourth-order valence-corrected chi connectivity index (χ4v) is 2.09. The standard InChI is InChI=1S/C16H23N3/c1-11(2)17-10-15-7-6-8-16(9-15)19-14(5)12(3)13(4)18-19/h6-9,11,17H,10H2,1-5H3. The summed E-state index contributed by atoms with van der Waals surface area (Å²) in [7, 11) is 0. The molecule has 1 heterocycles. The summed E-state index contributed by atoms with van der Waals surface area (Å²) in [5, 5.41) is 8.05. The maximum absolute atomic E-state index is 4.61. The van der Waals surface area contributed by atoms with Gasteiger partial charge in [-0.3, -0.25) is 0 Å². The molecule has 1 N–H and O–H groups in total. The Bertz CT molecular complexity index is 567. The number of aromatic nitrogens is 2. The van der Waals surface area contributed by atoms with Gasteiger partial charge in [0.25, 0.3) is 0 Å². The highest BCUT2D eigenvalue weighted by atomic mass is 15.3. The summed E-state index contributed by atoms with van der Waals surface area (Å²) < 4.78 is 2.03. The van der Waals surface area contributed by atoms with Crippen molar-refractivity contribution in [1.29, 1.82) is 0 Å². The predicted octanol–water partition coefficient (Wildman–Crippen LogP) is 3.30. The van der Waals surface area contributed by atoms with E-state index in [1.54, 1.807) is 0 Å². The van der Waals surface area contributed by atoms with Gasteiger partial charge in [0.15, 0.2) is 0 Å². The van der Waals surface area contributed by atoms with Crippen molar-refractivity contribution in [2.75, 3.05) is 0 Å². The molecule has 0 bridgehead atoms. The molecule has 0 atom stereocenters. The summed E-state index contributed by atoms with van der Waals surface area (Å²) in [6, 6.07) is 9.06. The van der Waals surface area contributed by atoms with Crippen molar-refractivity contribution in [3.8, 4) is 5.69 Å². The van der Waals surface area contributed by atoms with Crippen molar-refractivity contribution >= 4 is 0 Å². The van der Waals surface area contributed by atoms with Crippen LogP contribution in [0.1, 0.15) is 36.4 Å². The van der Waals surface area contributed by atoms with Crippen molar-refractivity contribution in [3.05, 3.63) is 46.8 Å². The summed E-state index contributed by atoms with van der Waals surface area (Å²) in [6.07, 6.45) is 0. The molecule has 2 rings (SSSR count). The van der Waals surface area contributed by atoms with Gasteiger partial charge in [0.05, 0.1) is 11.4 Å². The van der Waals surface area contributed by atoms with Gasteiger partial charge in [0, 0.05) is 18.3 Å². The first kappa shape index (κ1) is 13.8. The minimum atomic E-state index is 0.500. The van der Waals surface area contributed by atoms with Gasteiger partial charge < -0.3 is 5.32 Å². The lowest BCUT2D eigenvalue weighted by molar-refractivity contribution is 0.588. The third kappa shape index (κ3) is 3.04. The number of hydrogen-bond acceptors (Lipinski definition) is 2. The Labute approximate surface area is 115 Å². The number of hydrogen-bond donors (Lipinski definition) is 1. The first-order valence-corrected chi connectivity index (χ1v) is 6.84. The highest BCUT2D eigenvalue weighted by Gasteiger charge is 2.09. The van der Waals surface area contributed by atoms with Gasteiger partial charge >= 0.3 is 0 Å². The van der Waals surface area contributed by atoms with Crippen molar-refractivity contribution in [1.82, 2.24) is 15.1 Å². The van der Waals surface area contributed by atoms with E-state index < -0.39 is 0 Å². The molecule has 0 spiro atoms. The average Bonchev–Trinajstić information content (AvgIpc) is 2.64. The highest BCUT2D eigenvalue weighted by molar-refractivity contribution is 5.39. The summed E-state index contributed by atoms with van der Waals surface area (Å²) in [5.74, 6) is 0. The van der Waals surface area contributed by atoms with Crippen molar-refractivity contribution in [2.45, 2.75) is 47.2 Å². The van der Waals surface area contributed by atoms with E-state index in [1.165, 1.54) is 16.8 Å². The number of benzene rings is 1. The second-order valence-electron chi connectivity index (χ2n) is 5.41. The molecule has 0 saturated heterocycles. The molecule has 0 aliphatic heterocycles. The number of rotatable bonds is 4. The van der Waals surface area contributed by atoms with E-state index >= 15 is 0 Å². The lowest BCUT2D eigenvalue weighted by atomic mass is 10.2. The minimum absolute atomic E-state index is 0.500. The molecule has 0 aliphatic carbocycles. The highest BCUT2D eigenvalue weighted by Crippen LogP contribution is 2.17. The van der Waals surface area contributed by atoms with Crippen LogP contribution in [-0.4, -0.2) is 15.8 Å². The molecular formula is C16H23N3. The largest absolute Gasteiger partial charge is 0.310 e. The van der Waals surface area contributed by atoms with Gasteiger partial charge in [0.1, 0.15) is 0 Å². The van der Waals surface area contributed by atoms with Gasteiger partial charge in [-0.1, -0.05) is 26.0 Å². The minimum Gasteiger partial charge on any atom is -0.310 e. The quantitative estimate of drug-likeness (QED) is 0.911. The average molecular weight is 257 g/mol. The number of aryl methyl sites for hydroxylation is 1. The van der Waals surface area contributed by atoms with E-state index in [0.717, 1.165) is 17.9 Å². The first-order valence-electron chi connectivity index (χ1n) is 6.84. The van der Waals surface area contributed by atoms with E-state index in [-0.39, 0.29) is 0 Å². The number of nitrogens with one attached hydrogen (secondary N) is 1. The van der Waals surface area contributed by atoms with Crippen LogP contribution in [0.4, 0.5) is 0 Å². The topological polar surface area (TPSA) is 29.9 Å². The Balaban J connectivity index is 2.30. The Morgan fingerprint density at radius 2 is 1.95 bits per heavy atom. The lowest BCUT2D eigenvalue weighted by Gasteiger charge is -2.10. The molecule has 19 heavy (non-hydrogen) atoms. The molecule has 102 valence electrons. The maximum Gasteiger partial charge on any atom is 0.0652 e. The Morgan fingerprint density at radius 1 is 1.21 bits per heavy atom.